The summed E-state index contributed by atoms with van der Waals surface area (Å²) in [6.45, 7) is 0.803. The van der Waals surface area contributed by atoms with E-state index in [9.17, 15) is 0 Å². The summed E-state index contributed by atoms with van der Waals surface area (Å²) < 4.78 is 13.2. The minimum Gasteiger partial charge on any atom is -0.347 e. The molecule has 1 aromatic carbocycles. The van der Waals surface area contributed by atoms with Gasteiger partial charge in [-0.3, -0.25) is 0 Å². The summed E-state index contributed by atoms with van der Waals surface area (Å²) in [7, 11) is 3.38. The van der Waals surface area contributed by atoms with E-state index in [2.05, 4.69) is 34.0 Å². The second-order valence-electron chi connectivity index (χ2n) is 5.13. The fraction of sp³-hybridized carbons (Fsp3) is 0.438. The first kappa shape index (κ1) is 14.6. The number of H-pyrrole nitrogens is 1. The average molecular weight is 305 g/mol. The highest BCUT2D eigenvalue weighted by Gasteiger charge is 2.33. The van der Waals surface area contributed by atoms with Crippen molar-refractivity contribution in [3.05, 3.63) is 52.8 Å². The Kier molecular flexibility index (Phi) is 4.63. The van der Waals surface area contributed by atoms with Crippen molar-refractivity contribution in [3.63, 3.8) is 0 Å². The first-order chi connectivity index (χ1) is 10.3. The summed E-state index contributed by atoms with van der Waals surface area (Å²) in [4.78, 5) is 0. The fourth-order valence-corrected chi connectivity index (χ4v) is 3.82. The Hall–Kier alpha value is -1.30. The molecule has 0 amide bonds. The maximum atomic E-state index is 5.52. The molecule has 1 aromatic heterocycles. The van der Waals surface area contributed by atoms with Crippen molar-refractivity contribution in [3.8, 4) is 0 Å². The van der Waals surface area contributed by atoms with Crippen LogP contribution in [0.4, 0.5) is 0 Å². The summed E-state index contributed by atoms with van der Waals surface area (Å²) in [6.07, 6.45) is 0.752. The Morgan fingerprint density at radius 3 is 2.71 bits per heavy atom. The third-order valence-corrected chi connectivity index (χ3v) is 4.80. The van der Waals surface area contributed by atoms with E-state index in [1.165, 1.54) is 22.6 Å². The van der Waals surface area contributed by atoms with Crippen molar-refractivity contribution in [2.45, 2.75) is 25.0 Å². The molecule has 0 spiro atoms. The van der Waals surface area contributed by atoms with E-state index in [4.69, 9.17) is 9.47 Å². The van der Waals surface area contributed by atoms with Gasteiger partial charge in [-0.2, -0.15) is 16.9 Å². The highest BCUT2D eigenvalue weighted by Crippen LogP contribution is 2.29. The number of aromatic amines is 1. The molecule has 3 rings (SSSR count). The summed E-state index contributed by atoms with van der Waals surface area (Å²) in [5.74, 6) is 2.19. The van der Waals surface area contributed by atoms with Crippen LogP contribution in [0, 0.1) is 0 Å². The molecular weight excluding hydrogens is 284 g/mol. The maximum Gasteiger partial charge on any atom is 0.268 e. The molecular formula is C16H21N2O2S+. The number of nitrogens with one attached hydrogen (secondary N) is 1. The van der Waals surface area contributed by atoms with Gasteiger partial charge in [0, 0.05) is 32.0 Å². The first-order valence-electron chi connectivity index (χ1n) is 7.14. The smallest absolute Gasteiger partial charge is 0.268 e. The zero-order valence-electron chi connectivity index (χ0n) is 12.5. The molecule has 0 radical (unpaired) electrons. The second-order valence-corrected chi connectivity index (χ2v) is 6.24. The second kappa shape index (κ2) is 6.64. The topological polar surface area (TPSA) is 38.1 Å². The van der Waals surface area contributed by atoms with Gasteiger partial charge in [0.2, 0.25) is 6.29 Å². The maximum absolute atomic E-state index is 5.52. The van der Waals surface area contributed by atoms with Gasteiger partial charge in [0.15, 0.2) is 6.54 Å². The summed E-state index contributed by atoms with van der Waals surface area (Å²) in [5, 5.41) is 3.54. The van der Waals surface area contributed by atoms with Gasteiger partial charge in [0.25, 0.3) is 5.69 Å². The number of hydrogen-bond acceptors (Lipinski definition) is 3. The number of ether oxygens (including phenoxy) is 2. The summed E-state index contributed by atoms with van der Waals surface area (Å²) in [5.41, 5.74) is 5.04. The third-order valence-electron chi connectivity index (χ3n) is 3.81. The van der Waals surface area contributed by atoms with Crippen LogP contribution in [-0.4, -0.2) is 25.1 Å². The van der Waals surface area contributed by atoms with E-state index in [0.29, 0.717) is 0 Å². The third kappa shape index (κ3) is 3.00. The van der Waals surface area contributed by atoms with Crippen LogP contribution < -0.4 is 4.68 Å². The lowest BCUT2D eigenvalue weighted by Crippen LogP contribution is -2.42. The highest BCUT2D eigenvalue weighted by molar-refractivity contribution is 7.98. The largest absolute Gasteiger partial charge is 0.347 e. The van der Waals surface area contributed by atoms with Gasteiger partial charge < -0.3 is 9.47 Å². The minimum atomic E-state index is -0.326. The summed E-state index contributed by atoms with van der Waals surface area (Å²) in [6, 6.07) is 10.5. The Labute approximate surface area is 129 Å². The van der Waals surface area contributed by atoms with Crippen LogP contribution in [0.2, 0.25) is 0 Å². The molecule has 0 saturated carbocycles. The zero-order chi connectivity index (χ0) is 14.7. The van der Waals surface area contributed by atoms with Crippen LogP contribution in [0.5, 0.6) is 0 Å². The van der Waals surface area contributed by atoms with Crippen molar-refractivity contribution in [1.29, 1.82) is 0 Å². The van der Waals surface area contributed by atoms with Crippen molar-refractivity contribution in [2.24, 2.45) is 0 Å². The molecule has 2 aromatic rings. The molecule has 0 bridgehead atoms. The van der Waals surface area contributed by atoms with E-state index in [1.807, 2.05) is 17.8 Å². The van der Waals surface area contributed by atoms with Crippen molar-refractivity contribution < 1.29 is 14.2 Å². The highest BCUT2D eigenvalue weighted by atomic mass is 32.2. The van der Waals surface area contributed by atoms with Gasteiger partial charge >= 0.3 is 0 Å². The standard InChI is InChI=1S/C16H20N2O2S/c1-19-16(20-2)15-13-11-21-9-8-14(13)17-18(15)10-12-6-4-3-5-7-12/h3-7,16H,8-11H2,1-2H3/p+1. The quantitative estimate of drug-likeness (QED) is 0.681. The molecule has 0 atom stereocenters. The Morgan fingerprint density at radius 2 is 2.00 bits per heavy atom. The molecule has 1 aliphatic heterocycles. The monoisotopic (exact) mass is 305 g/mol. The molecule has 4 nitrogen and oxygen atoms in total. The van der Waals surface area contributed by atoms with E-state index in [1.54, 1.807) is 14.2 Å². The number of benzene rings is 1. The molecule has 2 heterocycles. The Morgan fingerprint density at radius 1 is 1.24 bits per heavy atom. The lowest BCUT2D eigenvalue weighted by Gasteiger charge is -2.13. The van der Waals surface area contributed by atoms with Gasteiger partial charge in [-0.25, -0.2) is 0 Å². The molecule has 0 aliphatic carbocycles. The summed E-state index contributed by atoms with van der Waals surface area (Å²) >= 11 is 1.97. The number of rotatable bonds is 5. The van der Waals surface area contributed by atoms with Gasteiger partial charge in [0.05, 0.1) is 11.3 Å². The van der Waals surface area contributed by atoms with Crippen LogP contribution >= 0.6 is 11.8 Å². The average Bonchev–Trinajstić information content (AvgIpc) is 2.88. The Bertz CT molecular complexity index is 594. The minimum absolute atomic E-state index is 0.326. The van der Waals surface area contributed by atoms with Crippen LogP contribution in [0.1, 0.15) is 28.8 Å². The predicted molar refractivity (Wildman–Crippen MR) is 83.2 cm³/mol. The van der Waals surface area contributed by atoms with E-state index in [0.717, 1.165) is 24.4 Å². The van der Waals surface area contributed by atoms with Gasteiger partial charge in [-0.15, -0.1) is 4.68 Å². The SMILES string of the molecule is COC(OC)c1c2c([nH][n+]1Cc1ccccc1)CCSC2. The molecule has 21 heavy (non-hydrogen) atoms. The van der Waals surface area contributed by atoms with Crippen molar-refractivity contribution in [1.82, 2.24) is 5.10 Å². The van der Waals surface area contributed by atoms with E-state index < -0.39 is 0 Å². The van der Waals surface area contributed by atoms with Crippen molar-refractivity contribution in [2.75, 3.05) is 20.0 Å². The number of aryl methyl sites for hydroxylation is 1. The number of methoxy groups -OCH3 is 2. The Balaban J connectivity index is 2.00. The van der Waals surface area contributed by atoms with Gasteiger partial charge in [-0.05, 0) is 5.75 Å². The molecule has 0 unspecified atom stereocenters. The molecule has 112 valence electrons. The van der Waals surface area contributed by atoms with E-state index in [-0.39, 0.29) is 6.29 Å². The fourth-order valence-electron chi connectivity index (χ4n) is 2.80. The van der Waals surface area contributed by atoms with Crippen molar-refractivity contribution >= 4 is 11.8 Å². The predicted octanol–water partition coefficient (Wildman–Crippen LogP) is 2.43. The lowest BCUT2D eigenvalue weighted by atomic mass is 10.1. The number of fused-ring (bicyclic) bond motifs is 1. The number of thioether (sulfide) groups is 1. The molecule has 5 heteroatoms. The number of aromatic nitrogens is 2. The molecule has 1 aliphatic rings. The van der Waals surface area contributed by atoms with Gasteiger partial charge in [-0.1, -0.05) is 30.3 Å². The number of nitrogens with zero attached hydrogens (tertiary/aromatic N) is 1. The van der Waals surface area contributed by atoms with Crippen LogP contribution in [0.25, 0.3) is 0 Å². The first-order valence-corrected chi connectivity index (χ1v) is 8.29. The van der Waals surface area contributed by atoms with Gasteiger partial charge in [0.1, 0.15) is 0 Å². The molecule has 0 fully saturated rings. The van der Waals surface area contributed by atoms with Crippen LogP contribution in [0.3, 0.4) is 0 Å². The van der Waals surface area contributed by atoms with E-state index >= 15 is 0 Å². The zero-order valence-corrected chi connectivity index (χ0v) is 13.3. The lowest BCUT2D eigenvalue weighted by molar-refractivity contribution is -0.754. The van der Waals surface area contributed by atoms with Crippen LogP contribution in [0.15, 0.2) is 30.3 Å². The number of hydrogen-bond donors (Lipinski definition) is 1. The molecule has 0 saturated heterocycles. The molecule has 1 N–H and O–H groups in total. The van der Waals surface area contributed by atoms with Crippen LogP contribution in [-0.2, 0) is 28.2 Å². The normalized spacial score (nSPS) is 14.4.